The molecule has 0 radical (unpaired) electrons. The number of carbonyl (C=O) groups is 1. The van der Waals surface area contributed by atoms with Crippen molar-refractivity contribution in [2.75, 3.05) is 33.0 Å². The molecule has 136 valence electrons. The molecule has 2 heterocycles. The van der Waals surface area contributed by atoms with Crippen LogP contribution in [0.3, 0.4) is 0 Å². The first-order chi connectivity index (χ1) is 12.6. The van der Waals surface area contributed by atoms with Gasteiger partial charge in [0.05, 0.1) is 0 Å². The maximum absolute atomic E-state index is 12.8. The second-order valence-corrected chi connectivity index (χ2v) is 7.07. The lowest BCUT2D eigenvalue weighted by Crippen LogP contribution is -2.48. The number of aryl methyl sites for hydroxylation is 2. The number of rotatable bonds is 3. The number of piperazine rings is 1. The van der Waals surface area contributed by atoms with Crippen LogP contribution < -0.4 is 9.47 Å². The third-order valence-corrected chi connectivity index (χ3v) is 5.11. The first kappa shape index (κ1) is 16.9. The molecule has 0 saturated carbocycles. The highest BCUT2D eigenvalue weighted by Crippen LogP contribution is 2.32. The first-order valence-electron chi connectivity index (χ1n) is 9.07. The van der Waals surface area contributed by atoms with Crippen molar-refractivity contribution in [2.24, 2.45) is 0 Å². The standard InChI is InChI=1S/C21H24N2O3/c1-15-3-5-18(16(2)11-15)21(24)23-9-7-22(8-10-23)13-17-4-6-19-20(12-17)26-14-25-19/h3-6,11-12H,7-10,13-14H2,1-2H3. The minimum absolute atomic E-state index is 0.144. The molecule has 0 atom stereocenters. The monoisotopic (exact) mass is 352 g/mol. The van der Waals surface area contributed by atoms with E-state index in [9.17, 15) is 4.79 Å². The fraction of sp³-hybridized carbons (Fsp3) is 0.381. The van der Waals surface area contributed by atoms with Crippen LogP contribution in [0.4, 0.5) is 0 Å². The van der Waals surface area contributed by atoms with Gasteiger partial charge in [-0.1, -0.05) is 23.8 Å². The maximum Gasteiger partial charge on any atom is 0.254 e. The van der Waals surface area contributed by atoms with Gasteiger partial charge in [0.15, 0.2) is 11.5 Å². The minimum atomic E-state index is 0.144. The Bertz CT molecular complexity index is 826. The van der Waals surface area contributed by atoms with Crippen LogP contribution in [0.2, 0.25) is 0 Å². The van der Waals surface area contributed by atoms with Gasteiger partial charge in [-0.2, -0.15) is 0 Å². The second-order valence-electron chi connectivity index (χ2n) is 7.07. The Hall–Kier alpha value is -2.53. The molecular formula is C21H24N2O3. The third kappa shape index (κ3) is 3.40. The maximum atomic E-state index is 12.8. The molecule has 0 bridgehead atoms. The zero-order valence-electron chi connectivity index (χ0n) is 15.3. The number of amides is 1. The van der Waals surface area contributed by atoms with Gasteiger partial charge in [0, 0.05) is 38.3 Å². The van der Waals surface area contributed by atoms with E-state index in [0.29, 0.717) is 6.79 Å². The third-order valence-electron chi connectivity index (χ3n) is 5.11. The van der Waals surface area contributed by atoms with Gasteiger partial charge in [-0.05, 0) is 43.2 Å². The molecule has 0 unspecified atom stereocenters. The zero-order valence-corrected chi connectivity index (χ0v) is 15.3. The highest BCUT2D eigenvalue weighted by Gasteiger charge is 2.23. The van der Waals surface area contributed by atoms with Crippen molar-refractivity contribution < 1.29 is 14.3 Å². The van der Waals surface area contributed by atoms with E-state index < -0.39 is 0 Å². The summed E-state index contributed by atoms with van der Waals surface area (Å²) in [6.45, 7) is 8.51. The average molecular weight is 352 g/mol. The van der Waals surface area contributed by atoms with Crippen molar-refractivity contribution in [2.45, 2.75) is 20.4 Å². The molecule has 0 aromatic heterocycles. The first-order valence-corrected chi connectivity index (χ1v) is 9.07. The molecule has 1 fully saturated rings. The van der Waals surface area contributed by atoms with Crippen LogP contribution in [0.5, 0.6) is 11.5 Å². The highest BCUT2D eigenvalue weighted by molar-refractivity contribution is 5.95. The Kier molecular flexibility index (Phi) is 4.55. The van der Waals surface area contributed by atoms with Crippen molar-refractivity contribution in [1.29, 1.82) is 0 Å². The average Bonchev–Trinajstić information content (AvgIpc) is 3.10. The molecule has 2 aromatic rings. The molecule has 2 aliphatic rings. The molecule has 5 nitrogen and oxygen atoms in total. The summed E-state index contributed by atoms with van der Waals surface area (Å²) in [5, 5.41) is 0. The summed E-state index contributed by atoms with van der Waals surface area (Å²) in [5.74, 6) is 1.79. The smallest absolute Gasteiger partial charge is 0.254 e. The van der Waals surface area contributed by atoms with Crippen LogP contribution in [0, 0.1) is 13.8 Å². The lowest BCUT2D eigenvalue weighted by molar-refractivity contribution is 0.0627. The second kappa shape index (κ2) is 7.00. The lowest BCUT2D eigenvalue weighted by Gasteiger charge is -2.35. The van der Waals surface area contributed by atoms with E-state index in [2.05, 4.69) is 30.0 Å². The summed E-state index contributed by atoms with van der Waals surface area (Å²) in [5.41, 5.74) is 4.27. The Balaban J connectivity index is 1.36. The number of fused-ring (bicyclic) bond motifs is 1. The van der Waals surface area contributed by atoms with Gasteiger partial charge in [0.2, 0.25) is 6.79 Å². The van der Waals surface area contributed by atoms with E-state index in [1.807, 2.05) is 30.0 Å². The SMILES string of the molecule is Cc1ccc(C(=O)N2CCN(Cc3ccc4c(c3)OCO4)CC2)c(C)c1. The van der Waals surface area contributed by atoms with Gasteiger partial charge in [-0.3, -0.25) is 9.69 Å². The Morgan fingerprint density at radius 2 is 1.73 bits per heavy atom. The van der Waals surface area contributed by atoms with E-state index in [1.165, 1.54) is 11.1 Å². The molecule has 2 aromatic carbocycles. The zero-order chi connectivity index (χ0) is 18.1. The van der Waals surface area contributed by atoms with E-state index in [-0.39, 0.29) is 5.91 Å². The molecule has 5 heteroatoms. The summed E-state index contributed by atoms with van der Waals surface area (Å²) in [4.78, 5) is 17.1. The van der Waals surface area contributed by atoms with Crippen molar-refractivity contribution in [3.8, 4) is 11.5 Å². The van der Waals surface area contributed by atoms with Crippen LogP contribution in [0.1, 0.15) is 27.0 Å². The van der Waals surface area contributed by atoms with Crippen molar-refractivity contribution in [3.05, 3.63) is 58.7 Å². The van der Waals surface area contributed by atoms with E-state index >= 15 is 0 Å². The van der Waals surface area contributed by atoms with Crippen molar-refractivity contribution >= 4 is 5.91 Å². The predicted molar refractivity (Wildman–Crippen MR) is 99.7 cm³/mol. The molecule has 0 N–H and O–H groups in total. The Morgan fingerprint density at radius 3 is 2.50 bits per heavy atom. The molecule has 0 aliphatic carbocycles. The molecule has 1 saturated heterocycles. The quantitative estimate of drug-likeness (QED) is 0.852. The normalized spacial score (nSPS) is 16.8. The van der Waals surface area contributed by atoms with Crippen LogP contribution in [0.15, 0.2) is 36.4 Å². The fourth-order valence-corrected chi connectivity index (χ4v) is 3.63. The summed E-state index contributed by atoms with van der Waals surface area (Å²) in [6, 6.07) is 12.1. The Morgan fingerprint density at radius 1 is 0.962 bits per heavy atom. The van der Waals surface area contributed by atoms with E-state index in [4.69, 9.17) is 9.47 Å². The van der Waals surface area contributed by atoms with E-state index in [1.54, 1.807) is 0 Å². The number of hydrogen-bond donors (Lipinski definition) is 0. The topological polar surface area (TPSA) is 42.0 Å². The van der Waals surface area contributed by atoms with Crippen LogP contribution in [0.25, 0.3) is 0 Å². The molecular weight excluding hydrogens is 328 g/mol. The van der Waals surface area contributed by atoms with Gasteiger partial charge < -0.3 is 14.4 Å². The summed E-state index contributed by atoms with van der Waals surface area (Å²) in [7, 11) is 0. The minimum Gasteiger partial charge on any atom is -0.454 e. The summed E-state index contributed by atoms with van der Waals surface area (Å²) < 4.78 is 10.8. The van der Waals surface area contributed by atoms with Gasteiger partial charge in [0.1, 0.15) is 0 Å². The molecule has 1 amide bonds. The fourth-order valence-electron chi connectivity index (χ4n) is 3.63. The summed E-state index contributed by atoms with van der Waals surface area (Å²) >= 11 is 0. The molecule has 2 aliphatic heterocycles. The number of ether oxygens (including phenoxy) is 2. The summed E-state index contributed by atoms with van der Waals surface area (Å²) in [6.07, 6.45) is 0. The van der Waals surface area contributed by atoms with Crippen LogP contribution >= 0.6 is 0 Å². The van der Waals surface area contributed by atoms with Gasteiger partial charge in [0.25, 0.3) is 5.91 Å². The number of benzene rings is 2. The van der Waals surface area contributed by atoms with Crippen molar-refractivity contribution in [1.82, 2.24) is 9.80 Å². The number of nitrogens with zero attached hydrogens (tertiary/aromatic N) is 2. The lowest BCUT2D eigenvalue weighted by atomic mass is 10.0. The van der Waals surface area contributed by atoms with Crippen LogP contribution in [-0.4, -0.2) is 48.7 Å². The van der Waals surface area contributed by atoms with Gasteiger partial charge in [-0.25, -0.2) is 0 Å². The van der Waals surface area contributed by atoms with Gasteiger partial charge >= 0.3 is 0 Å². The number of hydrogen-bond acceptors (Lipinski definition) is 4. The Labute approximate surface area is 154 Å². The molecule has 0 spiro atoms. The highest BCUT2D eigenvalue weighted by atomic mass is 16.7. The van der Waals surface area contributed by atoms with Crippen molar-refractivity contribution in [3.63, 3.8) is 0 Å². The van der Waals surface area contributed by atoms with Gasteiger partial charge in [-0.15, -0.1) is 0 Å². The molecule has 26 heavy (non-hydrogen) atoms. The number of carbonyl (C=O) groups excluding carboxylic acids is 1. The van der Waals surface area contributed by atoms with E-state index in [0.717, 1.165) is 55.3 Å². The predicted octanol–water partition coefficient (Wildman–Crippen LogP) is 2.99. The molecule has 4 rings (SSSR count). The van der Waals surface area contributed by atoms with Crippen LogP contribution in [-0.2, 0) is 6.54 Å². The largest absolute Gasteiger partial charge is 0.454 e.